The molecule has 0 saturated heterocycles. The van der Waals surface area contributed by atoms with Crippen LogP contribution < -0.4 is 4.90 Å². The van der Waals surface area contributed by atoms with E-state index in [1.54, 1.807) is 0 Å². The molecule has 0 bridgehead atoms. The Kier molecular flexibility index (Phi) is 2.53. The number of para-hydroxylation sites is 1. The molecule has 0 amide bonds. The van der Waals surface area contributed by atoms with Crippen molar-refractivity contribution in [2.45, 2.75) is 18.9 Å². The second kappa shape index (κ2) is 4.38. The summed E-state index contributed by atoms with van der Waals surface area (Å²) in [6, 6.07) is 17.9. The second-order valence-electron chi connectivity index (χ2n) is 5.55. The maximum Gasteiger partial charge on any atom is 0.0629 e. The lowest BCUT2D eigenvalue weighted by atomic mass is 9.91. The third kappa shape index (κ3) is 1.63. The standard InChI is InChI=1S/C19H17N/c1-14-11-12-17-16-9-5-6-10-18(16)20(19(17)13-14)15-7-3-2-4-8-15/h2-13,16,18H,1H3. The first kappa shape index (κ1) is 11.5. The second-order valence-corrected chi connectivity index (χ2v) is 5.55. The van der Waals surface area contributed by atoms with Gasteiger partial charge in [-0.1, -0.05) is 54.6 Å². The molecule has 1 heterocycles. The van der Waals surface area contributed by atoms with Crippen LogP contribution in [0.4, 0.5) is 11.4 Å². The first-order chi connectivity index (χ1) is 9.84. The lowest BCUT2D eigenvalue weighted by Crippen LogP contribution is -2.28. The van der Waals surface area contributed by atoms with Crippen LogP contribution in [0.2, 0.25) is 0 Å². The maximum absolute atomic E-state index is 2.47. The highest BCUT2D eigenvalue weighted by atomic mass is 15.2. The smallest absolute Gasteiger partial charge is 0.0629 e. The molecule has 4 rings (SSSR count). The van der Waals surface area contributed by atoms with E-state index in [0.29, 0.717) is 12.0 Å². The molecular formula is C19H17N. The van der Waals surface area contributed by atoms with Gasteiger partial charge >= 0.3 is 0 Å². The molecule has 0 fully saturated rings. The van der Waals surface area contributed by atoms with Crippen LogP contribution in [0.5, 0.6) is 0 Å². The van der Waals surface area contributed by atoms with Gasteiger partial charge in [-0.05, 0) is 36.2 Å². The summed E-state index contributed by atoms with van der Waals surface area (Å²) < 4.78 is 0. The highest BCUT2D eigenvalue weighted by Gasteiger charge is 2.36. The molecule has 20 heavy (non-hydrogen) atoms. The Labute approximate surface area is 119 Å². The van der Waals surface area contributed by atoms with E-state index in [0.717, 1.165) is 0 Å². The minimum atomic E-state index is 0.402. The van der Waals surface area contributed by atoms with Crippen LogP contribution in [0, 0.1) is 6.92 Å². The number of aryl methyl sites for hydroxylation is 1. The van der Waals surface area contributed by atoms with Crippen molar-refractivity contribution in [2.75, 3.05) is 4.90 Å². The molecule has 0 radical (unpaired) electrons. The van der Waals surface area contributed by atoms with Gasteiger partial charge in [-0.25, -0.2) is 0 Å². The number of nitrogens with zero attached hydrogens (tertiary/aromatic N) is 1. The average Bonchev–Trinajstić information content (AvgIpc) is 2.81. The predicted molar refractivity (Wildman–Crippen MR) is 84.6 cm³/mol. The van der Waals surface area contributed by atoms with Crippen molar-refractivity contribution in [3.05, 3.63) is 84.0 Å². The van der Waals surface area contributed by atoms with Crippen molar-refractivity contribution in [2.24, 2.45) is 0 Å². The highest BCUT2D eigenvalue weighted by Crippen LogP contribution is 2.47. The largest absolute Gasteiger partial charge is 0.333 e. The van der Waals surface area contributed by atoms with E-state index in [9.17, 15) is 0 Å². The molecule has 98 valence electrons. The van der Waals surface area contributed by atoms with Crippen molar-refractivity contribution in [3.63, 3.8) is 0 Å². The average molecular weight is 259 g/mol. The normalized spacial score (nSPS) is 22.8. The van der Waals surface area contributed by atoms with Crippen LogP contribution in [-0.2, 0) is 0 Å². The number of rotatable bonds is 1. The van der Waals surface area contributed by atoms with Crippen molar-refractivity contribution < 1.29 is 0 Å². The molecule has 2 unspecified atom stereocenters. The first-order valence-corrected chi connectivity index (χ1v) is 7.14. The molecule has 1 aliphatic carbocycles. The van der Waals surface area contributed by atoms with E-state index in [1.165, 1.54) is 22.5 Å². The SMILES string of the molecule is Cc1ccc2c(c1)N(c1ccccc1)C1C=CC=CC21. The molecule has 1 nitrogen and oxygen atoms in total. The highest BCUT2D eigenvalue weighted by molar-refractivity contribution is 5.75. The van der Waals surface area contributed by atoms with Gasteiger partial charge in [0.1, 0.15) is 0 Å². The summed E-state index contributed by atoms with van der Waals surface area (Å²) in [6.45, 7) is 2.16. The van der Waals surface area contributed by atoms with E-state index < -0.39 is 0 Å². The minimum absolute atomic E-state index is 0.402. The fraction of sp³-hybridized carbons (Fsp3) is 0.158. The summed E-state index contributed by atoms with van der Waals surface area (Å²) in [5.74, 6) is 0.468. The predicted octanol–water partition coefficient (Wildman–Crippen LogP) is 4.72. The van der Waals surface area contributed by atoms with E-state index in [1.807, 2.05) is 0 Å². The lowest BCUT2D eigenvalue weighted by molar-refractivity contribution is 0.745. The molecule has 0 saturated carbocycles. The zero-order valence-electron chi connectivity index (χ0n) is 11.5. The summed E-state index contributed by atoms with van der Waals surface area (Å²) in [5.41, 5.74) is 5.37. The fourth-order valence-corrected chi connectivity index (χ4v) is 3.33. The summed E-state index contributed by atoms with van der Waals surface area (Å²) in [6.07, 6.45) is 8.96. The number of hydrogen-bond donors (Lipinski definition) is 0. The summed E-state index contributed by atoms with van der Waals surface area (Å²) in [4.78, 5) is 2.47. The third-order valence-corrected chi connectivity index (χ3v) is 4.24. The number of benzene rings is 2. The molecule has 2 aromatic rings. The van der Waals surface area contributed by atoms with Crippen LogP contribution in [0.1, 0.15) is 17.0 Å². The van der Waals surface area contributed by atoms with Crippen molar-refractivity contribution in [1.29, 1.82) is 0 Å². The number of allylic oxidation sites excluding steroid dienone is 2. The van der Waals surface area contributed by atoms with E-state index in [2.05, 4.69) is 84.7 Å². The van der Waals surface area contributed by atoms with Gasteiger partial charge in [-0.2, -0.15) is 0 Å². The Morgan fingerprint density at radius 3 is 2.55 bits per heavy atom. The van der Waals surface area contributed by atoms with Crippen molar-refractivity contribution in [1.82, 2.24) is 0 Å². The zero-order chi connectivity index (χ0) is 13.5. The van der Waals surface area contributed by atoms with Crippen LogP contribution in [0.3, 0.4) is 0 Å². The van der Waals surface area contributed by atoms with Gasteiger partial charge < -0.3 is 4.90 Å². The van der Waals surface area contributed by atoms with Gasteiger partial charge in [0.15, 0.2) is 0 Å². The number of hydrogen-bond acceptors (Lipinski definition) is 1. The summed E-state index contributed by atoms with van der Waals surface area (Å²) >= 11 is 0. The van der Waals surface area contributed by atoms with E-state index >= 15 is 0 Å². The Morgan fingerprint density at radius 2 is 1.70 bits per heavy atom. The van der Waals surface area contributed by atoms with Gasteiger partial charge in [0.05, 0.1) is 6.04 Å². The lowest BCUT2D eigenvalue weighted by Gasteiger charge is -2.28. The molecule has 1 aliphatic heterocycles. The number of fused-ring (bicyclic) bond motifs is 3. The molecule has 0 spiro atoms. The fourth-order valence-electron chi connectivity index (χ4n) is 3.33. The zero-order valence-corrected chi connectivity index (χ0v) is 11.5. The minimum Gasteiger partial charge on any atom is -0.333 e. The maximum atomic E-state index is 2.47. The Balaban J connectivity index is 1.92. The number of anilines is 2. The summed E-state index contributed by atoms with van der Waals surface area (Å²) in [5, 5.41) is 0. The van der Waals surface area contributed by atoms with Gasteiger partial charge in [0.25, 0.3) is 0 Å². The molecule has 2 aliphatic rings. The molecular weight excluding hydrogens is 242 g/mol. The monoisotopic (exact) mass is 259 g/mol. The van der Waals surface area contributed by atoms with Crippen LogP contribution in [-0.4, -0.2) is 6.04 Å². The van der Waals surface area contributed by atoms with Crippen molar-refractivity contribution in [3.8, 4) is 0 Å². The van der Waals surface area contributed by atoms with Crippen LogP contribution in [0.15, 0.2) is 72.8 Å². The Bertz CT molecular complexity index is 697. The topological polar surface area (TPSA) is 3.24 Å². The Hall–Kier alpha value is -2.28. The van der Waals surface area contributed by atoms with Gasteiger partial charge in [0.2, 0.25) is 0 Å². The van der Waals surface area contributed by atoms with Gasteiger partial charge in [0, 0.05) is 17.3 Å². The van der Waals surface area contributed by atoms with E-state index in [4.69, 9.17) is 0 Å². The van der Waals surface area contributed by atoms with Crippen LogP contribution in [0.25, 0.3) is 0 Å². The Morgan fingerprint density at radius 1 is 0.900 bits per heavy atom. The first-order valence-electron chi connectivity index (χ1n) is 7.14. The van der Waals surface area contributed by atoms with Gasteiger partial charge in [-0.15, -0.1) is 0 Å². The van der Waals surface area contributed by atoms with E-state index in [-0.39, 0.29) is 0 Å². The quantitative estimate of drug-likeness (QED) is 0.716. The van der Waals surface area contributed by atoms with Crippen LogP contribution >= 0.6 is 0 Å². The molecule has 0 aromatic heterocycles. The molecule has 2 atom stereocenters. The third-order valence-electron chi connectivity index (χ3n) is 4.24. The van der Waals surface area contributed by atoms with Crippen molar-refractivity contribution >= 4 is 11.4 Å². The molecule has 0 N–H and O–H groups in total. The summed E-state index contributed by atoms with van der Waals surface area (Å²) in [7, 11) is 0. The molecule has 2 aromatic carbocycles. The molecule has 1 heteroatoms. The van der Waals surface area contributed by atoms with Gasteiger partial charge in [-0.3, -0.25) is 0 Å².